The number of aryl methyl sites for hydroxylation is 1. The summed E-state index contributed by atoms with van der Waals surface area (Å²) in [5.41, 5.74) is 3.51. The highest BCUT2D eigenvalue weighted by Crippen LogP contribution is 2.24. The predicted octanol–water partition coefficient (Wildman–Crippen LogP) is 3.80. The number of amides is 1. The minimum absolute atomic E-state index is 0.0382. The van der Waals surface area contributed by atoms with Gasteiger partial charge >= 0.3 is 0 Å². The summed E-state index contributed by atoms with van der Waals surface area (Å²) < 4.78 is 2.43. The number of benzene rings is 2. The molecule has 1 aromatic heterocycles. The van der Waals surface area contributed by atoms with Gasteiger partial charge in [0.15, 0.2) is 10.6 Å². The highest BCUT2D eigenvalue weighted by molar-refractivity contribution is 7.71. The van der Waals surface area contributed by atoms with E-state index >= 15 is 0 Å². The molecule has 3 aromatic rings. The molecule has 1 atom stereocenters. The first-order valence-electron chi connectivity index (χ1n) is 12.0. The Bertz CT molecular complexity index is 1140. The van der Waals surface area contributed by atoms with Crippen LogP contribution in [-0.2, 0) is 11.3 Å². The summed E-state index contributed by atoms with van der Waals surface area (Å²) in [5, 5.41) is 10.3. The smallest absolute Gasteiger partial charge is 0.221 e. The van der Waals surface area contributed by atoms with E-state index in [-0.39, 0.29) is 5.91 Å². The monoisotopic (exact) mass is 478 g/mol. The van der Waals surface area contributed by atoms with Crippen LogP contribution in [0.15, 0.2) is 54.6 Å². The highest BCUT2D eigenvalue weighted by atomic mass is 32.1. The number of nitrogens with one attached hydrogen (secondary N) is 2. The molecule has 2 N–H and O–H groups in total. The number of hydrogen-bond donors (Lipinski definition) is 2. The average Bonchev–Trinajstić information content (AvgIpc) is 3.22. The molecular weight excluding hydrogens is 444 g/mol. The third-order valence-corrected chi connectivity index (χ3v) is 6.73. The van der Waals surface area contributed by atoms with E-state index in [1.54, 1.807) is 0 Å². The molecular formula is C26H34N6OS. The first kappa shape index (κ1) is 24.3. The molecule has 34 heavy (non-hydrogen) atoms. The number of rotatable bonds is 9. The standard InChI is InChI=1S/C26H34N6OS/c1-20-8-6-11-22(18-20)25-28-29-26(34)32(25)15-12-24(33)27-13-7-14-31-17-16-30(2)19-23(31)21-9-4-3-5-10-21/h3-6,8-11,18,23H,7,12-17,19H2,1-2H3,(H,27,33)(H,29,34). The maximum Gasteiger partial charge on any atom is 0.221 e. The largest absolute Gasteiger partial charge is 0.356 e. The molecule has 180 valence electrons. The zero-order valence-corrected chi connectivity index (χ0v) is 20.9. The number of carbonyl (C=O) groups excluding carboxylic acids is 1. The fourth-order valence-electron chi connectivity index (χ4n) is 4.56. The van der Waals surface area contributed by atoms with Crippen molar-refractivity contribution in [3.05, 3.63) is 70.5 Å². The molecule has 2 aromatic carbocycles. The van der Waals surface area contributed by atoms with Crippen molar-refractivity contribution in [2.24, 2.45) is 0 Å². The molecule has 1 fully saturated rings. The van der Waals surface area contributed by atoms with E-state index in [1.165, 1.54) is 5.56 Å². The minimum Gasteiger partial charge on any atom is -0.356 e. The van der Waals surface area contributed by atoms with Crippen molar-refractivity contribution in [1.29, 1.82) is 0 Å². The third kappa shape index (κ3) is 6.20. The molecule has 1 aliphatic heterocycles. The molecule has 0 aliphatic carbocycles. The van der Waals surface area contributed by atoms with Crippen LogP contribution in [0.2, 0.25) is 0 Å². The van der Waals surface area contributed by atoms with Crippen molar-refractivity contribution in [3.8, 4) is 11.4 Å². The Balaban J connectivity index is 1.25. The molecule has 1 saturated heterocycles. The lowest BCUT2D eigenvalue weighted by molar-refractivity contribution is -0.121. The molecule has 0 saturated carbocycles. The quantitative estimate of drug-likeness (QED) is 0.362. The van der Waals surface area contributed by atoms with Gasteiger partial charge in [0, 0.05) is 57.3 Å². The van der Waals surface area contributed by atoms with E-state index in [4.69, 9.17) is 12.2 Å². The van der Waals surface area contributed by atoms with Crippen LogP contribution < -0.4 is 5.32 Å². The van der Waals surface area contributed by atoms with Gasteiger partial charge in [0.2, 0.25) is 5.91 Å². The van der Waals surface area contributed by atoms with Gasteiger partial charge in [-0.1, -0.05) is 54.1 Å². The van der Waals surface area contributed by atoms with Crippen molar-refractivity contribution >= 4 is 18.1 Å². The summed E-state index contributed by atoms with van der Waals surface area (Å²) in [6.45, 7) is 7.34. The van der Waals surface area contributed by atoms with Crippen LogP contribution in [0.1, 0.15) is 30.0 Å². The number of H-pyrrole nitrogens is 1. The number of hydrogen-bond acceptors (Lipinski definition) is 5. The second-order valence-corrected chi connectivity index (χ2v) is 9.44. The zero-order chi connectivity index (χ0) is 23.9. The number of carbonyl (C=O) groups is 1. The van der Waals surface area contributed by atoms with Crippen LogP contribution in [0.3, 0.4) is 0 Å². The van der Waals surface area contributed by atoms with E-state index < -0.39 is 0 Å². The van der Waals surface area contributed by atoms with Crippen molar-refractivity contribution in [2.45, 2.75) is 32.4 Å². The molecule has 0 bridgehead atoms. The molecule has 1 aliphatic rings. The van der Waals surface area contributed by atoms with Crippen LogP contribution in [0, 0.1) is 11.7 Å². The number of aromatic amines is 1. The van der Waals surface area contributed by atoms with Crippen molar-refractivity contribution in [3.63, 3.8) is 0 Å². The molecule has 8 heteroatoms. The molecule has 2 heterocycles. The maximum absolute atomic E-state index is 12.5. The summed E-state index contributed by atoms with van der Waals surface area (Å²) >= 11 is 5.40. The Kier molecular flexibility index (Phi) is 8.26. The Labute approximate surface area is 206 Å². The predicted molar refractivity (Wildman–Crippen MR) is 138 cm³/mol. The molecule has 0 radical (unpaired) electrons. The van der Waals surface area contributed by atoms with Crippen molar-refractivity contribution in [2.75, 3.05) is 39.8 Å². The van der Waals surface area contributed by atoms with Crippen molar-refractivity contribution in [1.82, 2.24) is 29.9 Å². The van der Waals surface area contributed by atoms with Crippen LogP contribution >= 0.6 is 12.2 Å². The summed E-state index contributed by atoms with van der Waals surface area (Å²) in [6, 6.07) is 19.2. The first-order valence-corrected chi connectivity index (χ1v) is 12.4. The maximum atomic E-state index is 12.5. The Hall–Kier alpha value is -2.81. The topological polar surface area (TPSA) is 69.2 Å². The molecule has 0 spiro atoms. The van der Waals surface area contributed by atoms with Gasteiger partial charge in [-0.25, -0.2) is 0 Å². The SMILES string of the molecule is Cc1cccc(-c2n[nH]c(=S)n2CCC(=O)NCCCN2CCN(C)CC2c2ccccc2)c1. The summed E-state index contributed by atoms with van der Waals surface area (Å²) in [4.78, 5) is 17.5. The lowest BCUT2D eigenvalue weighted by Crippen LogP contribution is -2.47. The number of piperazine rings is 1. The Morgan fingerprint density at radius 1 is 1.15 bits per heavy atom. The highest BCUT2D eigenvalue weighted by Gasteiger charge is 2.25. The van der Waals surface area contributed by atoms with Gasteiger partial charge in [-0.15, -0.1) is 0 Å². The summed E-state index contributed by atoms with van der Waals surface area (Å²) in [7, 11) is 2.18. The van der Waals surface area contributed by atoms with Gasteiger partial charge in [0.1, 0.15) is 0 Å². The van der Waals surface area contributed by atoms with Gasteiger partial charge in [-0.05, 0) is 44.2 Å². The number of nitrogens with zero attached hydrogens (tertiary/aromatic N) is 4. The van der Waals surface area contributed by atoms with Gasteiger partial charge in [-0.3, -0.25) is 19.4 Å². The van der Waals surface area contributed by atoms with Gasteiger partial charge in [0.25, 0.3) is 0 Å². The Morgan fingerprint density at radius 3 is 2.76 bits per heavy atom. The van der Waals surface area contributed by atoms with E-state index in [1.807, 2.05) is 29.7 Å². The molecule has 1 amide bonds. The minimum atomic E-state index is 0.0382. The summed E-state index contributed by atoms with van der Waals surface area (Å²) in [5.74, 6) is 0.805. The fourth-order valence-corrected chi connectivity index (χ4v) is 4.78. The third-order valence-electron chi connectivity index (χ3n) is 6.42. The van der Waals surface area contributed by atoms with E-state index in [2.05, 4.69) is 68.8 Å². The van der Waals surface area contributed by atoms with Gasteiger partial charge < -0.3 is 10.2 Å². The second kappa shape index (κ2) is 11.6. The van der Waals surface area contributed by atoms with Crippen LogP contribution in [0.4, 0.5) is 0 Å². The summed E-state index contributed by atoms with van der Waals surface area (Å²) in [6.07, 6.45) is 1.30. The fraction of sp³-hybridized carbons (Fsp3) is 0.423. The normalized spacial score (nSPS) is 17.1. The van der Waals surface area contributed by atoms with Gasteiger partial charge in [0.05, 0.1) is 0 Å². The van der Waals surface area contributed by atoms with E-state index in [0.717, 1.165) is 49.6 Å². The van der Waals surface area contributed by atoms with E-state index in [0.29, 0.717) is 30.3 Å². The zero-order valence-electron chi connectivity index (χ0n) is 20.0. The molecule has 7 nitrogen and oxygen atoms in total. The Morgan fingerprint density at radius 2 is 1.97 bits per heavy atom. The van der Waals surface area contributed by atoms with Crippen LogP contribution in [0.5, 0.6) is 0 Å². The first-order chi connectivity index (χ1) is 16.5. The van der Waals surface area contributed by atoms with Crippen LogP contribution in [-0.4, -0.2) is 70.2 Å². The molecule has 1 unspecified atom stereocenters. The lowest BCUT2D eigenvalue weighted by atomic mass is 10.0. The van der Waals surface area contributed by atoms with Crippen molar-refractivity contribution < 1.29 is 4.79 Å². The lowest BCUT2D eigenvalue weighted by Gasteiger charge is -2.40. The molecule has 4 rings (SSSR count). The van der Waals surface area contributed by atoms with E-state index in [9.17, 15) is 4.79 Å². The average molecular weight is 479 g/mol. The number of likely N-dealkylation sites (N-methyl/N-ethyl adjacent to an activating group) is 1. The second-order valence-electron chi connectivity index (χ2n) is 9.05. The van der Waals surface area contributed by atoms with Gasteiger partial charge in [-0.2, -0.15) is 5.10 Å². The number of aromatic nitrogens is 3. The van der Waals surface area contributed by atoms with Crippen LogP contribution in [0.25, 0.3) is 11.4 Å².